The van der Waals surface area contributed by atoms with Crippen molar-refractivity contribution in [3.63, 3.8) is 0 Å². The summed E-state index contributed by atoms with van der Waals surface area (Å²) in [6.45, 7) is 2.69. The second-order valence-electron chi connectivity index (χ2n) is 8.24. The lowest BCUT2D eigenvalue weighted by molar-refractivity contribution is -0.139. The Balaban J connectivity index is 1.66. The molecule has 0 amide bonds. The smallest absolute Gasteiger partial charge is 0.419 e. The molecular weight excluding hydrogens is 525 g/mol. The van der Waals surface area contributed by atoms with Crippen molar-refractivity contribution in [3.8, 4) is 21.9 Å². The third-order valence-corrected chi connectivity index (χ3v) is 8.94. The van der Waals surface area contributed by atoms with Crippen molar-refractivity contribution in [1.82, 2.24) is 5.32 Å². The second-order valence-corrected chi connectivity index (χ2v) is 11.6. The fraction of sp³-hybridized carbons (Fsp3) is 0.304. The van der Waals surface area contributed by atoms with Gasteiger partial charge in [0.15, 0.2) is 0 Å². The Morgan fingerprint density at radius 3 is 2.54 bits per heavy atom. The van der Waals surface area contributed by atoms with Crippen LogP contribution in [0.3, 0.4) is 0 Å². The Morgan fingerprint density at radius 1 is 1.14 bits per heavy atom. The number of nitrogens with one attached hydrogen (secondary N) is 2. The first-order chi connectivity index (χ1) is 16.4. The van der Waals surface area contributed by atoms with Crippen LogP contribution in [-0.2, 0) is 16.2 Å². The van der Waals surface area contributed by atoms with E-state index in [4.69, 9.17) is 21.1 Å². The highest BCUT2D eigenvalue weighted by Crippen LogP contribution is 2.43. The summed E-state index contributed by atoms with van der Waals surface area (Å²) in [7, 11) is -2.66. The average Bonchev–Trinajstić information content (AvgIpc) is 3.38. The predicted octanol–water partition coefficient (Wildman–Crippen LogP) is 6.03. The highest BCUT2D eigenvalue weighted by atomic mass is 35.5. The quantitative estimate of drug-likeness (QED) is 0.378. The Morgan fingerprint density at radius 2 is 1.89 bits per heavy atom. The first-order valence-electron chi connectivity index (χ1n) is 10.5. The highest BCUT2D eigenvalue weighted by molar-refractivity contribution is 7.94. The molecule has 3 aromatic rings. The largest absolute Gasteiger partial charge is 0.496 e. The van der Waals surface area contributed by atoms with Crippen LogP contribution < -0.4 is 19.5 Å². The number of alkyl halides is 3. The number of anilines is 1. The number of hydrogen-bond acceptors (Lipinski definition) is 6. The Labute approximate surface area is 210 Å². The van der Waals surface area contributed by atoms with Crippen LogP contribution >= 0.6 is 22.9 Å². The molecular formula is C23H22ClF3N2O4S2. The van der Waals surface area contributed by atoms with Crippen molar-refractivity contribution in [2.45, 2.75) is 29.3 Å². The normalized spacial score (nSPS) is 18.5. The third-order valence-electron chi connectivity index (χ3n) is 5.51. The Hall–Kier alpha value is -2.47. The molecule has 1 saturated heterocycles. The van der Waals surface area contributed by atoms with E-state index in [2.05, 4.69) is 10.0 Å². The summed E-state index contributed by atoms with van der Waals surface area (Å²) in [5.41, 5.74) is -1.27. The fourth-order valence-corrected chi connectivity index (χ4v) is 6.65. The number of para-hydroxylation sites is 1. The molecule has 2 N–H and O–H groups in total. The summed E-state index contributed by atoms with van der Waals surface area (Å²) in [6.07, 6.45) is -4.15. The molecule has 0 aliphatic carbocycles. The maximum Gasteiger partial charge on any atom is 0.419 e. The SMILES string of the molecule is COc1ccccc1-c1sc(S(=O)(=O)Nc2ccc(C(F)(F)F)c(O[C@]3(C)CCNC3)c2)cc1Cl. The fourth-order valence-electron chi connectivity index (χ4n) is 3.75. The number of sulfonamides is 1. The molecule has 12 heteroatoms. The van der Waals surface area contributed by atoms with Crippen LogP contribution in [-0.4, -0.2) is 34.2 Å². The highest BCUT2D eigenvalue weighted by Gasteiger charge is 2.38. The number of rotatable bonds is 7. The van der Waals surface area contributed by atoms with E-state index in [1.807, 2.05) is 0 Å². The molecule has 6 nitrogen and oxygen atoms in total. The maximum atomic E-state index is 13.6. The summed E-state index contributed by atoms with van der Waals surface area (Å²) in [6, 6.07) is 11.2. The van der Waals surface area contributed by atoms with Gasteiger partial charge in [-0.05, 0) is 43.8 Å². The molecule has 2 aromatic carbocycles. The molecule has 35 heavy (non-hydrogen) atoms. The lowest BCUT2D eigenvalue weighted by Gasteiger charge is -2.27. The van der Waals surface area contributed by atoms with Gasteiger partial charge in [0.05, 0.1) is 28.3 Å². The standard InChI is InChI=1S/C23H22ClF3N2O4S2/c1-22(9-10-28-13-22)33-19-11-14(7-8-16(19)23(25,26)27)29-35(30,31)20-12-17(24)21(34-20)15-5-3-4-6-18(15)32-2/h3-8,11-12,28-29H,9-10,13H2,1-2H3/t22-/m1/s1. The van der Waals surface area contributed by atoms with Crippen molar-refractivity contribution in [2.24, 2.45) is 0 Å². The van der Waals surface area contributed by atoms with Crippen molar-refractivity contribution >= 4 is 38.6 Å². The lowest BCUT2D eigenvalue weighted by atomic mass is 10.1. The van der Waals surface area contributed by atoms with Gasteiger partial charge < -0.3 is 14.8 Å². The van der Waals surface area contributed by atoms with E-state index in [1.165, 1.54) is 13.2 Å². The number of ether oxygens (including phenoxy) is 2. The summed E-state index contributed by atoms with van der Waals surface area (Å²) >= 11 is 7.26. The summed E-state index contributed by atoms with van der Waals surface area (Å²) in [5.74, 6) is 0.0791. The zero-order valence-corrected chi connectivity index (χ0v) is 21.1. The monoisotopic (exact) mass is 546 g/mol. The van der Waals surface area contributed by atoms with E-state index in [1.54, 1.807) is 31.2 Å². The van der Waals surface area contributed by atoms with Gasteiger partial charge in [-0.2, -0.15) is 13.2 Å². The molecule has 1 fully saturated rings. The van der Waals surface area contributed by atoms with Crippen molar-refractivity contribution < 1.29 is 31.1 Å². The van der Waals surface area contributed by atoms with Gasteiger partial charge in [-0.1, -0.05) is 23.7 Å². The van der Waals surface area contributed by atoms with E-state index < -0.39 is 33.1 Å². The molecule has 0 spiro atoms. The van der Waals surface area contributed by atoms with Gasteiger partial charge in [-0.15, -0.1) is 11.3 Å². The number of thiophene rings is 1. The van der Waals surface area contributed by atoms with Crippen LogP contribution in [0.15, 0.2) is 52.7 Å². The van der Waals surface area contributed by atoms with Gasteiger partial charge in [-0.25, -0.2) is 8.42 Å². The van der Waals surface area contributed by atoms with E-state index in [0.29, 0.717) is 35.7 Å². The summed E-state index contributed by atoms with van der Waals surface area (Å²) < 4.78 is 80.3. The minimum atomic E-state index is -4.67. The molecule has 1 aliphatic rings. The van der Waals surface area contributed by atoms with E-state index >= 15 is 0 Å². The molecule has 1 aliphatic heterocycles. The van der Waals surface area contributed by atoms with Gasteiger partial charge in [0.2, 0.25) is 0 Å². The second kappa shape index (κ2) is 9.53. The predicted molar refractivity (Wildman–Crippen MR) is 130 cm³/mol. The van der Waals surface area contributed by atoms with Gasteiger partial charge in [0, 0.05) is 24.6 Å². The molecule has 0 unspecified atom stereocenters. The van der Waals surface area contributed by atoms with Crippen LogP contribution in [0.4, 0.5) is 18.9 Å². The van der Waals surface area contributed by atoms with E-state index in [0.717, 1.165) is 29.5 Å². The molecule has 1 atom stereocenters. The van der Waals surface area contributed by atoms with Crippen LogP contribution in [0.1, 0.15) is 18.9 Å². The molecule has 0 saturated carbocycles. The van der Waals surface area contributed by atoms with Crippen LogP contribution in [0.5, 0.6) is 11.5 Å². The topological polar surface area (TPSA) is 76.7 Å². The zero-order chi connectivity index (χ0) is 25.4. The molecule has 0 radical (unpaired) electrons. The van der Waals surface area contributed by atoms with Gasteiger partial charge in [0.25, 0.3) is 10.0 Å². The van der Waals surface area contributed by atoms with Gasteiger partial charge in [-0.3, -0.25) is 4.72 Å². The third kappa shape index (κ3) is 5.53. The molecule has 2 heterocycles. The number of halogens is 4. The first kappa shape index (κ1) is 25.6. The van der Waals surface area contributed by atoms with Gasteiger partial charge in [0.1, 0.15) is 21.3 Å². The zero-order valence-electron chi connectivity index (χ0n) is 18.7. The Bertz CT molecular complexity index is 1340. The molecule has 1 aromatic heterocycles. The van der Waals surface area contributed by atoms with Crippen LogP contribution in [0.2, 0.25) is 5.02 Å². The van der Waals surface area contributed by atoms with E-state index in [9.17, 15) is 21.6 Å². The van der Waals surface area contributed by atoms with Crippen molar-refractivity contribution in [2.75, 3.05) is 24.9 Å². The molecule has 0 bridgehead atoms. The Kier molecular flexibility index (Phi) is 6.98. The van der Waals surface area contributed by atoms with Crippen molar-refractivity contribution in [1.29, 1.82) is 0 Å². The number of benzene rings is 2. The average molecular weight is 547 g/mol. The maximum absolute atomic E-state index is 13.6. The van der Waals surface area contributed by atoms with Crippen LogP contribution in [0, 0.1) is 0 Å². The van der Waals surface area contributed by atoms with E-state index in [-0.39, 0.29) is 14.9 Å². The summed E-state index contributed by atoms with van der Waals surface area (Å²) in [5, 5.41) is 3.26. The van der Waals surface area contributed by atoms with Crippen molar-refractivity contribution in [3.05, 3.63) is 59.1 Å². The number of hydrogen-bond donors (Lipinski definition) is 2. The summed E-state index contributed by atoms with van der Waals surface area (Å²) in [4.78, 5) is 0.489. The lowest BCUT2D eigenvalue weighted by Crippen LogP contribution is -2.35. The van der Waals surface area contributed by atoms with Crippen LogP contribution in [0.25, 0.3) is 10.4 Å². The van der Waals surface area contributed by atoms with Gasteiger partial charge >= 0.3 is 6.18 Å². The molecule has 188 valence electrons. The number of methoxy groups -OCH3 is 1. The minimum Gasteiger partial charge on any atom is -0.496 e. The molecule has 4 rings (SSSR count). The first-order valence-corrected chi connectivity index (χ1v) is 13.2. The minimum absolute atomic E-state index is 0.0640.